The second-order valence-electron chi connectivity index (χ2n) is 12.8. The van der Waals surface area contributed by atoms with Gasteiger partial charge < -0.3 is 19.6 Å². The van der Waals surface area contributed by atoms with Crippen molar-refractivity contribution in [3.05, 3.63) is 87.9 Å². The monoisotopic (exact) mass is 687 g/mol. The number of alkyl carbamates (subject to hydrolysis) is 1. The maximum atomic E-state index is 13.6. The van der Waals surface area contributed by atoms with E-state index in [-0.39, 0.29) is 17.6 Å². The van der Waals surface area contributed by atoms with Crippen LogP contribution in [0.15, 0.2) is 70.6 Å². The van der Waals surface area contributed by atoms with Gasteiger partial charge in [-0.15, -0.1) is 0 Å². The molecule has 1 aliphatic heterocycles. The van der Waals surface area contributed by atoms with Gasteiger partial charge in [-0.05, 0) is 36.5 Å². The number of halogens is 1. The van der Waals surface area contributed by atoms with Crippen molar-refractivity contribution in [2.75, 3.05) is 19.7 Å². The number of carbonyl (C=O) groups is 1. The molecule has 2 aromatic carbocycles. The summed E-state index contributed by atoms with van der Waals surface area (Å²) < 4.78 is 13.7. The summed E-state index contributed by atoms with van der Waals surface area (Å²) in [5.74, 6) is 0.660. The number of benzene rings is 2. The summed E-state index contributed by atoms with van der Waals surface area (Å²) in [6, 6.07) is 13.5. The van der Waals surface area contributed by atoms with Crippen molar-refractivity contribution >= 4 is 28.7 Å². The quantitative estimate of drug-likeness (QED) is 0.144. The lowest BCUT2D eigenvalue weighted by molar-refractivity contribution is -0.0364. The number of fused-ring (bicyclic) bond motifs is 1. The Morgan fingerprint density at radius 1 is 1.08 bits per heavy atom. The number of aryl methyl sites for hydroxylation is 1. The van der Waals surface area contributed by atoms with Crippen molar-refractivity contribution in [1.82, 2.24) is 34.5 Å². The molecule has 3 aromatic heterocycles. The van der Waals surface area contributed by atoms with Crippen LogP contribution in [0.4, 0.5) is 4.79 Å². The van der Waals surface area contributed by atoms with Crippen LogP contribution in [0.25, 0.3) is 33.6 Å². The van der Waals surface area contributed by atoms with Crippen molar-refractivity contribution in [2.24, 2.45) is 7.05 Å². The number of amides is 1. The number of carbonyl (C=O) groups excluding carboxylic acids is 1. The minimum absolute atomic E-state index is 0.129. The van der Waals surface area contributed by atoms with Gasteiger partial charge >= 0.3 is 6.09 Å². The van der Waals surface area contributed by atoms with E-state index in [0.717, 1.165) is 47.9 Å². The summed E-state index contributed by atoms with van der Waals surface area (Å²) in [6.45, 7) is 4.99. The van der Waals surface area contributed by atoms with Gasteiger partial charge in [-0.1, -0.05) is 74.2 Å². The van der Waals surface area contributed by atoms with E-state index in [1.165, 1.54) is 17.3 Å². The van der Waals surface area contributed by atoms with Crippen LogP contribution in [-0.4, -0.2) is 65.7 Å². The topological polar surface area (TPSA) is 141 Å². The van der Waals surface area contributed by atoms with Crippen LogP contribution in [0.3, 0.4) is 0 Å². The highest BCUT2D eigenvalue weighted by atomic mass is 35.5. The average Bonchev–Trinajstić information content (AvgIpc) is 3.76. The Hall–Kier alpha value is -4.52. The number of aromatic nitrogens is 5. The van der Waals surface area contributed by atoms with Gasteiger partial charge in [0.2, 0.25) is 0 Å². The van der Waals surface area contributed by atoms with Crippen molar-refractivity contribution in [3.8, 4) is 22.6 Å². The molecule has 12 nitrogen and oxygen atoms in total. The van der Waals surface area contributed by atoms with Crippen molar-refractivity contribution < 1.29 is 19.1 Å². The molecule has 49 heavy (non-hydrogen) atoms. The SMILES string of the molecule is CCCCCCOC(=O)NCc1ccc(-c2c3ncn(CC4(O)CCN(Cc5ccc(-c6cnco6)cc5Cl)CC4)c(=O)c3nn2C)cc1. The number of piperidine rings is 1. The second kappa shape index (κ2) is 15.4. The van der Waals surface area contributed by atoms with Gasteiger partial charge in [-0.25, -0.2) is 14.8 Å². The first-order valence-electron chi connectivity index (χ1n) is 16.8. The summed E-state index contributed by atoms with van der Waals surface area (Å²) in [7, 11) is 1.78. The van der Waals surface area contributed by atoms with E-state index in [9.17, 15) is 14.7 Å². The molecule has 0 spiro atoms. The molecule has 5 aromatic rings. The van der Waals surface area contributed by atoms with Crippen LogP contribution >= 0.6 is 11.6 Å². The largest absolute Gasteiger partial charge is 0.450 e. The van der Waals surface area contributed by atoms with Gasteiger partial charge in [-0.2, -0.15) is 5.10 Å². The minimum Gasteiger partial charge on any atom is -0.450 e. The summed E-state index contributed by atoms with van der Waals surface area (Å²) >= 11 is 6.59. The van der Waals surface area contributed by atoms with Crippen LogP contribution in [-0.2, 0) is 31.4 Å². The summed E-state index contributed by atoms with van der Waals surface area (Å²) in [5.41, 5.74) is 3.72. The second-order valence-corrected chi connectivity index (χ2v) is 13.2. The molecule has 0 aliphatic carbocycles. The number of likely N-dealkylation sites (tertiary alicyclic amines) is 1. The van der Waals surface area contributed by atoms with E-state index in [1.807, 2.05) is 42.5 Å². The highest BCUT2D eigenvalue weighted by molar-refractivity contribution is 6.31. The predicted octanol–water partition coefficient (Wildman–Crippen LogP) is 5.94. The molecule has 13 heteroatoms. The zero-order valence-electron chi connectivity index (χ0n) is 27.9. The standard InChI is InChI=1S/C36H42ClN7O5/c1-3-4-5-6-17-48-35(46)39-19-25-7-9-26(10-8-25)33-31-32(41-42(33)2)34(45)44(23-40-31)22-36(47)13-15-43(16-14-36)21-28-12-11-27(18-29(28)37)30-20-38-24-49-30/h7-12,18,20,23-24,47H,3-6,13-17,19,21-22H2,1-2H3,(H,39,46). The number of nitrogens with zero attached hydrogens (tertiary/aromatic N) is 6. The average molecular weight is 688 g/mol. The zero-order chi connectivity index (χ0) is 34.4. The molecule has 258 valence electrons. The molecule has 0 unspecified atom stereocenters. The Labute approximate surface area is 289 Å². The van der Waals surface area contributed by atoms with Crippen molar-refractivity contribution in [2.45, 2.75) is 70.7 Å². The van der Waals surface area contributed by atoms with Gasteiger partial charge in [0.1, 0.15) is 5.52 Å². The van der Waals surface area contributed by atoms with Crippen molar-refractivity contribution in [1.29, 1.82) is 0 Å². The van der Waals surface area contributed by atoms with E-state index >= 15 is 0 Å². The Kier molecular flexibility index (Phi) is 10.8. The van der Waals surface area contributed by atoms with E-state index in [0.29, 0.717) is 67.6 Å². The number of hydrogen-bond acceptors (Lipinski definition) is 9. The number of hydrogen-bond donors (Lipinski definition) is 2. The van der Waals surface area contributed by atoms with E-state index in [4.69, 9.17) is 20.8 Å². The molecule has 1 fully saturated rings. The number of aliphatic hydroxyl groups is 1. The highest BCUT2D eigenvalue weighted by Gasteiger charge is 2.33. The number of oxazole rings is 1. The third kappa shape index (κ3) is 8.21. The van der Waals surface area contributed by atoms with E-state index in [2.05, 4.69) is 32.2 Å². The normalized spacial score (nSPS) is 14.7. The number of ether oxygens (including phenoxy) is 1. The van der Waals surface area contributed by atoms with Crippen LogP contribution in [0.1, 0.15) is 56.6 Å². The molecule has 4 heterocycles. The first-order valence-corrected chi connectivity index (χ1v) is 17.1. The van der Waals surface area contributed by atoms with Gasteiger partial charge in [0.25, 0.3) is 5.56 Å². The Bertz CT molecular complexity index is 1930. The molecule has 1 saturated heterocycles. The highest BCUT2D eigenvalue weighted by Crippen LogP contribution is 2.30. The molecule has 0 saturated carbocycles. The lowest BCUT2D eigenvalue weighted by atomic mass is 9.91. The number of rotatable bonds is 13. The van der Waals surface area contributed by atoms with E-state index in [1.54, 1.807) is 17.9 Å². The molecule has 1 aliphatic rings. The molecule has 0 radical (unpaired) electrons. The third-order valence-electron chi connectivity index (χ3n) is 9.12. The molecular weight excluding hydrogens is 646 g/mol. The first kappa shape index (κ1) is 34.3. The van der Waals surface area contributed by atoms with Crippen LogP contribution in [0.5, 0.6) is 0 Å². The summed E-state index contributed by atoms with van der Waals surface area (Å²) in [4.78, 5) is 36.4. The number of unbranched alkanes of at least 4 members (excludes halogenated alkanes) is 3. The predicted molar refractivity (Wildman–Crippen MR) is 187 cm³/mol. The fourth-order valence-corrected chi connectivity index (χ4v) is 6.50. The third-order valence-corrected chi connectivity index (χ3v) is 9.47. The Balaban J connectivity index is 1.05. The Morgan fingerprint density at radius 3 is 2.57 bits per heavy atom. The molecular formula is C36H42ClN7O5. The van der Waals surface area contributed by atoms with E-state index < -0.39 is 11.7 Å². The van der Waals surface area contributed by atoms with Gasteiger partial charge in [0.15, 0.2) is 17.7 Å². The lowest BCUT2D eigenvalue weighted by Gasteiger charge is -2.38. The summed E-state index contributed by atoms with van der Waals surface area (Å²) in [5, 5.41) is 19.5. The lowest BCUT2D eigenvalue weighted by Crippen LogP contribution is -2.47. The molecule has 1 amide bonds. The van der Waals surface area contributed by atoms with Gasteiger partial charge in [0.05, 0.1) is 37.0 Å². The Morgan fingerprint density at radius 2 is 1.86 bits per heavy atom. The smallest absolute Gasteiger partial charge is 0.407 e. The molecule has 6 rings (SSSR count). The van der Waals surface area contributed by atoms with Crippen LogP contribution in [0.2, 0.25) is 5.02 Å². The fourth-order valence-electron chi connectivity index (χ4n) is 6.26. The molecule has 0 bridgehead atoms. The molecule has 2 N–H and O–H groups in total. The van der Waals surface area contributed by atoms with Crippen LogP contribution in [0, 0.1) is 0 Å². The van der Waals surface area contributed by atoms with Gasteiger partial charge in [-0.3, -0.25) is 18.9 Å². The van der Waals surface area contributed by atoms with Gasteiger partial charge in [0, 0.05) is 49.4 Å². The first-order chi connectivity index (χ1) is 23.7. The maximum absolute atomic E-state index is 13.6. The maximum Gasteiger partial charge on any atom is 0.407 e. The fraction of sp³-hybridized carbons (Fsp3) is 0.417. The zero-order valence-corrected chi connectivity index (χ0v) is 28.7. The van der Waals surface area contributed by atoms with Crippen LogP contribution < -0.4 is 10.9 Å². The van der Waals surface area contributed by atoms with Crippen molar-refractivity contribution in [3.63, 3.8) is 0 Å². The summed E-state index contributed by atoms with van der Waals surface area (Å²) in [6.07, 6.45) is 9.31. The minimum atomic E-state index is -1.06. The number of nitrogens with one attached hydrogen (secondary N) is 1. The molecule has 0 atom stereocenters.